The maximum absolute atomic E-state index is 5.66. The van der Waals surface area contributed by atoms with Crippen molar-refractivity contribution in [2.24, 2.45) is 0 Å². The van der Waals surface area contributed by atoms with Crippen LogP contribution in [0.4, 0.5) is 0 Å². The fraction of sp³-hybridized carbons (Fsp3) is 0.556. The molecule has 62 valence electrons. The third-order valence-electron chi connectivity index (χ3n) is 1.60. The van der Waals surface area contributed by atoms with Gasteiger partial charge < -0.3 is 4.52 Å². The molecule has 0 radical (unpaired) electrons. The molecule has 11 heavy (non-hydrogen) atoms. The van der Waals surface area contributed by atoms with Crippen LogP contribution in [0.1, 0.15) is 25.0 Å². The molecule has 0 amide bonds. The topological polar surface area (TPSA) is 9.23 Å². The lowest BCUT2D eigenvalue weighted by molar-refractivity contribution is 0.339. The van der Waals surface area contributed by atoms with Crippen LogP contribution in [0.5, 0.6) is 0 Å². The fourth-order valence-corrected chi connectivity index (χ4v) is 2.78. The van der Waals surface area contributed by atoms with Crippen LogP contribution in [0.2, 0.25) is 0 Å². The molecule has 1 heterocycles. The Balaban J connectivity index is 2.73. The van der Waals surface area contributed by atoms with E-state index in [1.807, 2.05) is 0 Å². The van der Waals surface area contributed by atoms with Crippen LogP contribution >= 0.6 is 7.76 Å². The van der Waals surface area contributed by atoms with Gasteiger partial charge in [-0.05, 0) is 50.4 Å². The minimum absolute atomic E-state index is 0.340. The molecule has 0 bridgehead atoms. The summed E-state index contributed by atoms with van der Waals surface area (Å²) in [5.41, 5.74) is 2.74. The average molecular weight is 170 g/mol. The average Bonchev–Trinajstić information content (AvgIpc) is 2.10. The van der Waals surface area contributed by atoms with Crippen molar-refractivity contribution in [3.8, 4) is 0 Å². The standard InChI is InChI=1S/C9H15OP/c1-7(2)10-11-5-8(3)9(4)6-11/h5-7H,1-4H3. The number of hydrogen-bond acceptors (Lipinski definition) is 1. The number of aryl methyl sites for hydroxylation is 2. The van der Waals surface area contributed by atoms with Crippen LogP contribution in [-0.2, 0) is 0 Å². The van der Waals surface area contributed by atoms with Gasteiger partial charge in [-0.2, -0.15) is 0 Å². The molecular weight excluding hydrogens is 155 g/mol. The van der Waals surface area contributed by atoms with Gasteiger partial charge in [0, 0.05) is 7.76 Å². The molecule has 0 aliphatic heterocycles. The molecule has 0 aliphatic carbocycles. The van der Waals surface area contributed by atoms with E-state index in [2.05, 4.69) is 39.3 Å². The minimum Gasteiger partial charge on any atom is -0.330 e. The Kier molecular flexibility index (Phi) is 2.75. The summed E-state index contributed by atoms with van der Waals surface area (Å²) in [4.78, 5) is 0. The SMILES string of the molecule is Cc1cp(OC(C)C)cc1C. The maximum atomic E-state index is 5.66. The normalized spacial score (nSPS) is 11.0. The summed E-state index contributed by atoms with van der Waals surface area (Å²) in [5.74, 6) is 4.45. The van der Waals surface area contributed by atoms with E-state index in [0.717, 1.165) is 0 Å². The van der Waals surface area contributed by atoms with Gasteiger partial charge in [0.15, 0.2) is 0 Å². The van der Waals surface area contributed by atoms with Crippen LogP contribution < -0.4 is 4.52 Å². The Labute approximate surface area is 69.5 Å². The zero-order valence-electron chi connectivity index (χ0n) is 7.59. The van der Waals surface area contributed by atoms with Crippen molar-refractivity contribution in [2.75, 3.05) is 0 Å². The molecule has 0 atom stereocenters. The summed E-state index contributed by atoms with van der Waals surface area (Å²) in [6, 6.07) is 0. The monoisotopic (exact) mass is 170 g/mol. The summed E-state index contributed by atoms with van der Waals surface area (Å²) >= 11 is 0. The zero-order chi connectivity index (χ0) is 8.43. The van der Waals surface area contributed by atoms with Crippen LogP contribution in [-0.4, -0.2) is 6.10 Å². The second-order valence-electron chi connectivity index (χ2n) is 3.14. The molecule has 1 aromatic rings. The molecule has 0 saturated carbocycles. The predicted molar refractivity (Wildman–Crippen MR) is 50.3 cm³/mol. The van der Waals surface area contributed by atoms with Gasteiger partial charge in [0.2, 0.25) is 0 Å². The first-order valence-corrected chi connectivity index (χ1v) is 5.31. The third kappa shape index (κ3) is 2.36. The van der Waals surface area contributed by atoms with Gasteiger partial charge in [-0.1, -0.05) is 0 Å². The molecule has 1 rings (SSSR count). The highest BCUT2D eigenvalue weighted by Gasteiger charge is 2.01. The van der Waals surface area contributed by atoms with Crippen LogP contribution in [0.25, 0.3) is 0 Å². The highest BCUT2D eigenvalue weighted by Crippen LogP contribution is 2.30. The first-order chi connectivity index (χ1) is 5.09. The van der Waals surface area contributed by atoms with E-state index in [4.69, 9.17) is 4.52 Å². The lowest BCUT2D eigenvalue weighted by Gasteiger charge is -2.03. The minimum atomic E-state index is -0.387. The van der Waals surface area contributed by atoms with E-state index >= 15 is 0 Å². The lowest BCUT2D eigenvalue weighted by Crippen LogP contribution is -2.01. The van der Waals surface area contributed by atoms with E-state index < -0.39 is 0 Å². The Bertz CT molecular complexity index is 218. The molecular formula is C9H15OP. The second-order valence-corrected chi connectivity index (χ2v) is 4.59. The summed E-state index contributed by atoms with van der Waals surface area (Å²) in [7, 11) is -0.387. The lowest BCUT2D eigenvalue weighted by atomic mass is 10.2. The fourth-order valence-electron chi connectivity index (χ4n) is 0.927. The van der Waals surface area contributed by atoms with Crippen molar-refractivity contribution in [3.63, 3.8) is 0 Å². The quantitative estimate of drug-likeness (QED) is 0.662. The van der Waals surface area contributed by atoms with Gasteiger partial charge in [0.1, 0.15) is 0 Å². The highest BCUT2D eigenvalue weighted by atomic mass is 31.1. The van der Waals surface area contributed by atoms with Crippen LogP contribution in [0, 0.1) is 13.8 Å². The van der Waals surface area contributed by atoms with E-state index in [0.29, 0.717) is 6.10 Å². The van der Waals surface area contributed by atoms with Crippen molar-refractivity contribution < 1.29 is 4.52 Å². The van der Waals surface area contributed by atoms with E-state index in [1.165, 1.54) is 11.1 Å². The van der Waals surface area contributed by atoms with Crippen molar-refractivity contribution in [3.05, 3.63) is 22.7 Å². The van der Waals surface area contributed by atoms with E-state index in [9.17, 15) is 0 Å². The summed E-state index contributed by atoms with van der Waals surface area (Å²) in [6.07, 6.45) is 0.340. The second kappa shape index (κ2) is 3.42. The number of rotatable bonds is 2. The molecule has 0 aromatic carbocycles. The Morgan fingerprint density at radius 2 is 1.64 bits per heavy atom. The summed E-state index contributed by atoms with van der Waals surface area (Å²) in [5, 5.41) is 0. The van der Waals surface area contributed by atoms with Gasteiger partial charge in [-0.3, -0.25) is 0 Å². The van der Waals surface area contributed by atoms with Crippen LogP contribution in [0.15, 0.2) is 11.6 Å². The largest absolute Gasteiger partial charge is 0.330 e. The first kappa shape index (κ1) is 8.83. The smallest absolute Gasteiger partial charge is 0.0622 e. The van der Waals surface area contributed by atoms with Crippen molar-refractivity contribution in [1.82, 2.24) is 0 Å². The predicted octanol–water partition coefficient (Wildman–Crippen LogP) is 3.13. The Morgan fingerprint density at radius 3 is 2.00 bits per heavy atom. The molecule has 0 spiro atoms. The van der Waals surface area contributed by atoms with Crippen molar-refractivity contribution in [2.45, 2.75) is 33.8 Å². The highest BCUT2D eigenvalue weighted by molar-refractivity contribution is 7.43. The van der Waals surface area contributed by atoms with Gasteiger partial charge in [0.25, 0.3) is 0 Å². The first-order valence-electron chi connectivity index (χ1n) is 3.92. The van der Waals surface area contributed by atoms with Crippen LogP contribution in [0.3, 0.4) is 0 Å². The van der Waals surface area contributed by atoms with E-state index in [1.54, 1.807) is 0 Å². The van der Waals surface area contributed by atoms with Gasteiger partial charge in [0.05, 0.1) is 6.10 Å². The number of hydrogen-bond donors (Lipinski definition) is 0. The molecule has 0 saturated heterocycles. The molecule has 0 unspecified atom stereocenters. The van der Waals surface area contributed by atoms with Crippen molar-refractivity contribution in [1.29, 1.82) is 0 Å². The molecule has 2 heteroatoms. The van der Waals surface area contributed by atoms with Gasteiger partial charge >= 0.3 is 0 Å². The molecule has 0 aliphatic rings. The molecule has 0 N–H and O–H groups in total. The Hall–Kier alpha value is -0.260. The summed E-state index contributed by atoms with van der Waals surface area (Å²) in [6.45, 7) is 8.43. The zero-order valence-corrected chi connectivity index (χ0v) is 8.48. The van der Waals surface area contributed by atoms with E-state index in [-0.39, 0.29) is 7.76 Å². The maximum Gasteiger partial charge on any atom is 0.0622 e. The van der Waals surface area contributed by atoms with Crippen molar-refractivity contribution >= 4 is 7.76 Å². The summed E-state index contributed by atoms with van der Waals surface area (Å²) < 4.78 is 5.66. The molecule has 1 aromatic heterocycles. The third-order valence-corrected chi connectivity index (χ3v) is 3.54. The van der Waals surface area contributed by atoms with Gasteiger partial charge in [-0.15, -0.1) is 0 Å². The molecule has 1 nitrogen and oxygen atoms in total. The molecule has 0 fully saturated rings. The van der Waals surface area contributed by atoms with Gasteiger partial charge in [-0.25, -0.2) is 0 Å². The Morgan fingerprint density at radius 1 is 1.18 bits per heavy atom.